The molecule has 0 saturated carbocycles. The molecule has 200 valence electrons. The molecule has 1 fully saturated rings. The number of rotatable bonds is 7. The summed E-state index contributed by atoms with van der Waals surface area (Å²) in [7, 11) is 0. The second-order valence-electron chi connectivity index (χ2n) is 9.15. The number of nitrogens with zero attached hydrogens (tertiary/aromatic N) is 5. The van der Waals surface area contributed by atoms with Crippen molar-refractivity contribution < 1.29 is 27.9 Å². The lowest BCUT2D eigenvalue weighted by atomic mass is 10.1. The molecule has 0 N–H and O–H groups in total. The van der Waals surface area contributed by atoms with Gasteiger partial charge in [-0.3, -0.25) is 4.57 Å². The van der Waals surface area contributed by atoms with E-state index in [-0.39, 0.29) is 24.4 Å². The molecule has 0 bridgehead atoms. The fourth-order valence-electron chi connectivity index (χ4n) is 4.13. The maximum Gasteiger partial charge on any atom is 0.351 e. The molecule has 2 aromatic carbocycles. The molecule has 1 aliphatic heterocycles. The van der Waals surface area contributed by atoms with Gasteiger partial charge in [0.1, 0.15) is 37.7 Å². The zero-order chi connectivity index (χ0) is 30.0. The minimum atomic E-state index is -2.66. The summed E-state index contributed by atoms with van der Waals surface area (Å²) >= 11 is 0. The summed E-state index contributed by atoms with van der Waals surface area (Å²) in [5.74, 6) is -1.43. The van der Waals surface area contributed by atoms with Gasteiger partial charge < -0.3 is 14.2 Å². The third kappa shape index (κ3) is 5.78. The van der Waals surface area contributed by atoms with Gasteiger partial charge in [0.15, 0.2) is 5.82 Å². The van der Waals surface area contributed by atoms with Crippen LogP contribution in [-0.2, 0) is 14.2 Å². The van der Waals surface area contributed by atoms with E-state index in [0.717, 1.165) is 26.6 Å². The Morgan fingerprint density at radius 1 is 1.05 bits per heavy atom. The maximum absolute atomic E-state index is 13.1. The van der Waals surface area contributed by atoms with Crippen LogP contribution in [0.1, 0.15) is 54.2 Å². The van der Waals surface area contributed by atoms with E-state index in [9.17, 15) is 14.4 Å². The molecule has 3 atom stereocenters. The lowest BCUT2D eigenvalue weighted by Gasteiger charge is -2.19. The zero-order valence-corrected chi connectivity index (χ0v) is 21.2. The molecule has 1 aliphatic rings. The maximum atomic E-state index is 13.1. The number of esters is 2. The Morgan fingerprint density at radius 3 is 2.33 bits per heavy atom. The molecule has 5 rings (SSSR count). The second-order valence-corrected chi connectivity index (χ2v) is 9.15. The van der Waals surface area contributed by atoms with E-state index in [1.165, 1.54) is 12.7 Å². The normalized spacial score (nSPS) is 20.1. The van der Waals surface area contributed by atoms with Crippen LogP contribution in [0.5, 0.6) is 0 Å². The van der Waals surface area contributed by atoms with Crippen LogP contribution in [0.25, 0.3) is 5.82 Å². The summed E-state index contributed by atoms with van der Waals surface area (Å²) in [6.45, 7) is 0.820. The molecule has 1 saturated heterocycles. The molecular formula is C28H27N5O6. The molecule has 0 aliphatic carbocycles. The SMILES string of the molecule is [2H]C([2H])([2H])c1cn([C@H]2CC(OC(=O)c3ccc(C)cc3)[C@@H](COC(=O)c3ccc(C)cc3)O2)c(=O)nc1-n1cncn1. The van der Waals surface area contributed by atoms with Gasteiger partial charge in [0.05, 0.1) is 11.1 Å². The summed E-state index contributed by atoms with van der Waals surface area (Å²) in [6, 6.07) is 13.6. The standard InChI is InChI=1S/C28H27N5O6/c1-17-4-8-20(9-5-17)26(34)37-14-23-22(39-27(35)21-10-6-18(2)7-11-21)12-24(38-23)32-13-19(3)25(31-28(32)36)33-16-29-15-30-33/h4-11,13,15-16,22-24H,12,14H2,1-3H3/t22?,23-,24-/m1/s1/i3D3. The van der Waals surface area contributed by atoms with Gasteiger partial charge in [-0.1, -0.05) is 35.4 Å². The lowest BCUT2D eigenvalue weighted by molar-refractivity contribution is -0.0582. The van der Waals surface area contributed by atoms with Crippen molar-refractivity contribution in [2.24, 2.45) is 0 Å². The third-order valence-corrected chi connectivity index (χ3v) is 6.27. The van der Waals surface area contributed by atoms with Gasteiger partial charge >= 0.3 is 17.6 Å². The number of hydrogen-bond acceptors (Lipinski definition) is 9. The van der Waals surface area contributed by atoms with Crippen LogP contribution in [0.2, 0.25) is 0 Å². The molecule has 1 unspecified atom stereocenters. The number of aromatic nitrogens is 5. The number of carbonyl (C=O) groups is 2. The lowest BCUT2D eigenvalue weighted by Crippen LogP contribution is -2.32. The molecular weight excluding hydrogens is 502 g/mol. The Morgan fingerprint density at radius 2 is 1.72 bits per heavy atom. The third-order valence-electron chi connectivity index (χ3n) is 6.27. The average molecular weight is 533 g/mol. The van der Waals surface area contributed by atoms with Gasteiger partial charge in [-0.2, -0.15) is 10.1 Å². The smallest absolute Gasteiger partial charge is 0.351 e. The summed E-state index contributed by atoms with van der Waals surface area (Å²) in [6.07, 6.45) is 0.538. The first-order valence-electron chi connectivity index (χ1n) is 13.6. The van der Waals surface area contributed by atoms with E-state index in [4.69, 9.17) is 18.3 Å². The highest BCUT2D eigenvalue weighted by atomic mass is 16.6. The average Bonchev–Trinajstić information content (AvgIpc) is 3.62. The van der Waals surface area contributed by atoms with Crippen molar-refractivity contribution in [3.8, 4) is 5.82 Å². The van der Waals surface area contributed by atoms with E-state index in [1.54, 1.807) is 48.5 Å². The van der Waals surface area contributed by atoms with Gasteiger partial charge in [0, 0.05) is 22.3 Å². The van der Waals surface area contributed by atoms with Crippen molar-refractivity contribution in [1.29, 1.82) is 0 Å². The van der Waals surface area contributed by atoms with E-state index in [0.29, 0.717) is 11.1 Å². The van der Waals surface area contributed by atoms with Crippen molar-refractivity contribution in [2.45, 2.75) is 45.6 Å². The van der Waals surface area contributed by atoms with Crippen molar-refractivity contribution in [3.63, 3.8) is 0 Å². The highest BCUT2D eigenvalue weighted by Gasteiger charge is 2.40. The van der Waals surface area contributed by atoms with Crippen LogP contribution >= 0.6 is 0 Å². The van der Waals surface area contributed by atoms with Crippen LogP contribution in [-0.4, -0.2) is 55.1 Å². The quantitative estimate of drug-likeness (QED) is 0.330. The van der Waals surface area contributed by atoms with Crippen LogP contribution < -0.4 is 5.69 Å². The minimum Gasteiger partial charge on any atom is -0.459 e. The van der Waals surface area contributed by atoms with Crippen molar-refractivity contribution in [1.82, 2.24) is 24.3 Å². The first-order valence-corrected chi connectivity index (χ1v) is 12.1. The largest absolute Gasteiger partial charge is 0.459 e. The van der Waals surface area contributed by atoms with Crippen LogP contribution in [0.4, 0.5) is 0 Å². The second kappa shape index (κ2) is 11.0. The van der Waals surface area contributed by atoms with Gasteiger partial charge in [-0.15, -0.1) is 0 Å². The molecule has 11 heteroatoms. The Hall–Kier alpha value is -4.64. The van der Waals surface area contributed by atoms with E-state index >= 15 is 0 Å². The highest BCUT2D eigenvalue weighted by Crippen LogP contribution is 2.31. The van der Waals surface area contributed by atoms with Crippen LogP contribution in [0.3, 0.4) is 0 Å². The summed E-state index contributed by atoms with van der Waals surface area (Å²) in [4.78, 5) is 46.5. The summed E-state index contributed by atoms with van der Waals surface area (Å²) in [5.41, 5.74) is 1.48. The summed E-state index contributed by atoms with van der Waals surface area (Å²) in [5, 5.41) is 3.90. The van der Waals surface area contributed by atoms with Crippen molar-refractivity contribution in [3.05, 3.63) is 106 Å². The molecule has 0 amide bonds. The summed E-state index contributed by atoms with van der Waals surface area (Å²) < 4.78 is 43.4. The van der Waals surface area contributed by atoms with Gasteiger partial charge in [-0.05, 0) is 45.0 Å². The van der Waals surface area contributed by atoms with E-state index < -0.39 is 42.9 Å². The molecule has 11 nitrogen and oxygen atoms in total. The molecule has 2 aromatic heterocycles. The van der Waals surface area contributed by atoms with Gasteiger partial charge in [-0.25, -0.2) is 24.0 Å². The minimum absolute atomic E-state index is 0.0327. The zero-order valence-electron chi connectivity index (χ0n) is 24.2. The fourth-order valence-corrected chi connectivity index (χ4v) is 4.13. The Kier molecular flexibility index (Phi) is 6.30. The molecule has 0 radical (unpaired) electrons. The Labute approximate surface area is 228 Å². The number of hydrogen-bond donors (Lipinski definition) is 0. The first-order chi connectivity index (χ1) is 20.0. The van der Waals surface area contributed by atoms with E-state index in [1.807, 2.05) is 13.8 Å². The van der Waals surface area contributed by atoms with Gasteiger partial charge in [0.2, 0.25) is 0 Å². The van der Waals surface area contributed by atoms with Gasteiger partial charge in [0.25, 0.3) is 0 Å². The monoisotopic (exact) mass is 532 g/mol. The van der Waals surface area contributed by atoms with Crippen LogP contribution in [0.15, 0.2) is 72.2 Å². The van der Waals surface area contributed by atoms with Crippen LogP contribution in [0, 0.1) is 20.7 Å². The van der Waals surface area contributed by atoms with Crippen molar-refractivity contribution >= 4 is 11.9 Å². The molecule has 39 heavy (non-hydrogen) atoms. The van der Waals surface area contributed by atoms with E-state index in [2.05, 4.69) is 15.1 Å². The molecule has 4 aromatic rings. The fraction of sp³-hybridized carbons (Fsp3) is 0.286. The number of carbonyl (C=O) groups excluding carboxylic acids is 2. The topological polar surface area (TPSA) is 127 Å². The first kappa shape index (κ1) is 22.4. The van der Waals surface area contributed by atoms with Crippen molar-refractivity contribution in [2.75, 3.05) is 6.61 Å². The Balaban J connectivity index is 1.42. The number of aryl methyl sites for hydroxylation is 3. The number of ether oxygens (including phenoxy) is 3. The predicted octanol–water partition coefficient (Wildman–Crippen LogP) is 3.12. The molecule has 0 spiro atoms. The number of benzene rings is 2. The highest BCUT2D eigenvalue weighted by molar-refractivity contribution is 5.90. The Bertz CT molecular complexity index is 1640. The predicted molar refractivity (Wildman–Crippen MR) is 139 cm³/mol. The molecule has 3 heterocycles.